The third kappa shape index (κ3) is 3.39. The number of amidine groups is 1. The van der Waals surface area contributed by atoms with Crippen LogP contribution in [0.15, 0.2) is 50.6 Å². The summed E-state index contributed by atoms with van der Waals surface area (Å²) in [5, 5.41) is 34.7. The van der Waals surface area contributed by atoms with Gasteiger partial charge in [0.05, 0.1) is 17.0 Å². The molecule has 0 fully saturated rings. The van der Waals surface area contributed by atoms with Crippen molar-refractivity contribution in [1.29, 1.82) is 5.41 Å². The van der Waals surface area contributed by atoms with Gasteiger partial charge in [0.15, 0.2) is 11.5 Å². The first-order valence-corrected chi connectivity index (χ1v) is 8.58. The fourth-order valence-corrected chi connectivity index (χ4v) is 3.22. The Morgan fingerprint density at radius 2 is 1.96 bits per heavy atom. The Labute approximate surface area is 168 Å². The van der Waals surface area contributed by atoms with Crippen LogP contribution in [0.2, 0.25) is 0 Å². The molecular weight excluding hydrogens is 391 g/mol. The minimum atomic E-state index is -0.331. The smallest absolute Gasteiger partial charge is 0.859 e. The van der Waals surface area contributed by atoms with Gasteiger partial charge in [0.2, 0.25) is 0 Å². The van der Waals surface area contributed by atoms with E-state index in [0.29, 0.717) is 35.5 Å². The van der Waals surface area contributed by atoms with Crippen LogP contribution in [-0.4, -0.2) is 51.9 Å². The molecule has 0 atom stereocenters. The fourth-order valence-electron chi connectivity index (χ4n) is 3.22. The zero-order valence-electron chi connectivity index (χ0n) is 15.6. The Morgan fingerprint density at radius 1 is 1.30 bits per heavy atom. The van der Waals surface area contributed by atoms with Crippen LogP contribution in [0.4, 0.5) is 0 Å². The number of allylic oxidation sites excluding steroid dienone is 3. The van der Waals surface area contributed by atoms with Gasteiger partial charge in [-0.3, -0.25) is 10.2 Å². The van der Waals surface area contributed by atoms with Crippen LogP contribution in [0.3, 0.4) is 0 Å². The summed E-state index contributed by atoms with van der Waals surface area (Å²) in [7, 11) is 1.66. The molecule has 0 saturated carbocycles. The molecule has 1 N–H and O–H groups in total. The average molecular weight is 412 g/mol. The van der Waals surface area contributed by atoms with Crippen molar-refractivity contribution in [3.63, 3.8) is 0 Å². The molecule has 3 aliphatic rings. The molecule has 0 aromatic heterocycles. The second-order valence-corrected chi connectivity index (χ2v) is 6.26. The van der Waals surface area contributed by atoms with Crippen molar-refractivity contribution in [1.82, 2.24) is 9.91 Å². The van der Waals surface area contributed by atoms with Crippen molar-refractivity contribution in [3.05, 3.63) is 35.3 Å². The Bertz CT molecular complexity index is 861. The molecule has 2 aliphatic heterocycles. The van der Waals surface area contributed by atoms with E-state index in [4.69, 9.17) is 5.41 Å². The largest absolute Gasteiger partial charge is 2.00 e. The minimum Gasteiger partial charge on any atom is -0.859 e. The Kier molecular flexibility index (Phi) is 6.16. The summed E-state index contributed by atoms with van der Waals surface area (Å²) in [6, 6.07) is -0.132. The third-order valence-electron chi connectivity index (χ3n) is 4.68. The second-order valence-electron chi connectivity index (χ2n) is 6.26. The van der Waals surface area contributed by atoms with Gasteiger partial charge < -0.3 is 10.0 Å². The van der Waals surface area contributed by atoms with Crippen LogP contribution in [0.1, 0.15) is 33.6 Å². The van der Waals surface area contributed by atoms with Gasteiger partial charge in [0.1, 0.15) is 0 Å². The van der Waals surface area contributed by atoms with Gasteiger partial charge in [-0.2, -0.15) is 5.10 Å². The van der Waals surface area contributed by atoms with E-state index in [9.17, 15) is 9.90 Å². The molecule has 9 heteroatoms. The van der Waals surface area contributed by atoms with Crippen molar-refractivity contribution >= 4 is 28.9 Å². The van der Waals surface area contributed by atoms with Gasteiger partial charge in [0.25, 0.3) is 5.91 Å². The molecule has 0 saturated heterocycles. The van der Waals surface area contributed by atoms with E-state index in [0.717, 1.165) is 0 Å². The zero-order valence-corrected chi connectivity index (χ0v) is 16.6. The maximum atomic E-state index is 12.9. The van der Waals surface area contributed by atoms with E-state index >= 15 is 0 Å². The number of rotatable bonds is 4. The normalized spacial score (nSPS) is 22.1. The van der Waals surface area contributed by atoms with Crippen LogP contribution >= 0.6 is 0 Å². The van der Waals surface area contributed by atoms with E-state index < -0.39 is 0 Å². The quantitative estimate of drug-likeness (QED) is 0.554. The van der Waals surface area contributed by atoms with E-state index in [1.54, 1.807) is 32.2 Å². The molecule has 1 aliphatic carbocycles. The first-order chi connectivity index (χ1) is 12.4. The van der Waals surface area contributed by atoms with Gasteiger partial charge in [-0.1, -0.05) is 19.9 Å². The molecule has 0 aromatic rings. The number of nitrogens with one attached hydrogen (secondary N) is 1. The average Bonchev–Trinajstić information content (AvgIpc) is 3.02. The first kappa shape index (κ1) is 20.8. The Balaban J connectivity index is 0.00000261. The van der Waals surface area contributed by atoms with Gasteiger partial charge in [-0.15, -0.1) is 10.2 Å². The maximum absolute atomic E-state index is 12.9. The number of hydrazone groups is 1. The van der Waals surface area contributed by atoms with Crippen LogP contribution < -0.4 is 5.11 Å². The predicted molar refractivity (Wildman–Crippen MR) is 98.9 cm³/mol. The molecule has 3 rings (SSSR count). The standard InChI is InChI=1S/C18H22N6O2.Ni/c1-5-11(6-2)24-17(25)12-8-7-9-13(14(12)18(24)26)20-21-15-10(3)22-23(4)16(15)19;/h7-9,11,19,26H,5-6H2,1-4H3;/q;+2/p-1. The SMILES string of the molecule is CCC(CC)N1C(=O)C2=CC=CC(=NN=C3C(=N)N(C)N=C3C)C2=C1[O-].[Ni+2]. The molecule has 8 nitrogen and oxygen atoms in total. The number of hydrogen-bond donors (Lipinski definition) is 1. The van der Waals surface area contributed by atoms with Crippen molar-refractivity contribution in [2.45, 2.75) is 39.7 Å². The molecule has 0 spiro atoms. The molecule has 0 bridgehead atoms. The first-order valence-electron chi connectivity index (χ1n) is 8.58. The second kappa shape index (κ2) is 8.00. The molecule has 27 heavy (non-hydrogen) atoms. The van der Waals surface area contributed by atoms with Crippen molar-refractivity contribution < 1.29 is 26.4 Å². The topological polar surface area (TPSA) is 108 Å². The summed E-state index contributed by atoms with van der Waals surface area (Å²) < 4.78 is 0. The summed E-state index contributed by atoms with van der Waals surface area (Å²) in [6.07, 6.45) is 6.39. The Hall–Kier alpha value is -2.54. The minimum absolute atomic E-state index is 0. The number of carbonyl (C=O) groups is 1. The summed E-state index contributed by atoms with van der Waals surface area (Å²) >= 11 is 0. The van der Waals surface area contributed by atoms with Gasteiger partial charge in [0, 0.05) is 18.7 Å². The van der Waals surface area contributed by atoms with Crippen LogP contribution in [0.25, 0.3) is 0 Å². The van der Waals surface area contributed by atoms with Crippen LogP contribution in [0.5, 0.6) is 0 Å². The molecule has 2 heterocycles. The summed E-state index contributed by atoms with van der Waals surface area (Å²) in [5.74, 6) is -0.475. The van der Waals surface area contributed by atoms with Gasteiger partial charge in [-0.05, 0) is 37.8 Å². The van der Waals surface area contributed by atoms with E-state index in [1.807, 2.05) is 13.8 Å². The number of hydrogen-bond acceptors (Lipinski definition) is 6. The summed E-state index contributed by atoms with van der Waals surface area (Å²) in [6.45, 7) is 5.66. The van der Waals surface area contributed by atoms with E-state index in [1.165, 1.54) is 9.91 Å². The van der Waals surface area contributed by atoms with Crippen molar-refractivity contribution in [3.8, 4) is 0 Å². The van der Waals surface area contributed by atoms with Crippen LogP contribution in [0, 0.1) is 5.41 Å². The maximum Gasteiger partial charge on any atom is 2.00 e. The van der Waals surface area contributed by atoms with Gasteiger partial charge >= 0.3 is 16.5 Å². The van der Waals surface area contributed by atoms with Crippen molar-refractivity contribution in [2.75, 3.05) is 7.05 Å². The molecule has 0 aromatic carbocycles. The zero-order chi connectivity index (χ0) is 19.0. The van der Waals surface area contributed by atoms with E-state index in [2.05, 4.69) is 15.3 Å². The van der Waals surface area contributed by atoms with Crippen molar-refractivity contribution in [2.24, 2.45) is 15.3 Å². The van der Waals surface area contributed by atoms with Gasteiger partial charge in [-0.25, -0.2) is 5.01 Å². The predicted octanol–water partition coefficient (Wildman–Crippen LogP) is 1.18. The molecule has 0 radical (unpaired) electrons. The summed E-state index contributed by atoms with van der Waals surface area (Å²) in [4.78, 5) is 14.0. The number of amides is 1. The third-order valence-corrected chi connectivity index (χ3v) is 4.68. The molecule has 144 valence electrons. The Morgan fingerprint density at radius 3 is 2.52 bits per heavy atom. The number of fused-ring (bicyclic) bond motifs is 1. The molecular formula is C18H21N6NiO2+. The molecule has 1 amide bonds. The number of carbonyl (C=O) groups excluding carboxylic acids is 1. The molecule has 0 unspecified atom stereocenters. The van der Waals surface area contributed by atoms with Crippen LogP contribution in [-0.2, 0) is 21.3 Å². The monoisotopic (exact) mass is 411 g/mol. The fraction of sp³-hybridized carbons (Fsp3) is 0.389. The van der Waals surface area contributed by atoms with E-state index in [-0.39, 0.29) is 45.7 Å². The summed E-state index contributed by atoms with van der Waals surface area (Å²) in [5.41, 5.74) is 1.89. The number of nitrogens with zero attached hydrogens (tertiary/aromatic N) is 5.